The molecule has 1 N–H and O–H groups in total. The molecule has 1 nitrogen and oxygen atoms in total. The molecule has 17 heavy (non-hydrogen) atoms. The van der Waals surface area contributed by atoms with Crippen molar-refractivity contribution in [2.45, 2.75) is 71.4 Å². The highest BCUT2D eigenvalue weighted by atomic mass is 32.1. The van der Waals surface area contributed by atoms with Crippen LogP contribution >= 0.6 is 11.3 Å². The molecule has 0 amide bonds. The maximum absolute atomic E-state index is 3.68. The number of thiophene rings is 1. The van der Waals surface area contributed by atoms with Gasteiger partial charge in [0.15, 0.2) is 0 Å². The second kappa shape index (κ2) is 8.71. The van der Waals surface area contributed by atoms with Crippen LogP contribution in [0, 0.1) is 0 Å². The van der Waals surface area contributed by atoms with Crippen LogP contribution in [0.5, 0.6) is 0 Å². The minimum absolute atomic E-state index is 0.501. The summed E-state index contributed by atoms with van der Waals surface area (Å²) >= 11 is 1.85. The molecule has 2 atom stereocenters. The van der Waals surface area contributed by atoms with E-state index in [4.69, 9.17) is 0 Å². The molecule has 98 valence electrons. The second-order valence-corrected chi connectivity index (χ2v) is 5.99. The molecule has 0 saturated heterocycles. The summed E-state index contributed by atoms with van der Waals surface area (Å²) in [6.07, 6.45) is 8.21. The molecular weight excluding hydrogens is 226 g/mol. The highest BCUT2D eigenvalue weighted by molar-refractivity contribution is 7.10. The topological polar surface area (TPSA) is 12.0 Å². The Labute approximate surface area is 111 Å². The zero-order chi connectivity index (χ0) is 12.5. The predicted molar refractivity (Wildman–Crippen MR) is 78.7 cm³/mol. The summed E-state index contributed by atoms with van der Waals surface area (Å²) in [5.74, 6) is 0. The van der Waals surface area contributed by atoms with E-state index in [1.54, 1.807) is 0 Å². The van der Waals surface area contributed by atoms with Gasteiger partial charge in [0.05, 0.1) is 0 Å². The van der Waals surface area contributed by atoms with E-state index in [0.717, 1.165) is 0 Å². The van der Waals surface area contributed by atoms with Crippen LogP contribution in [0.25, 0.3) is 0 Å². The first kappa shape index (κ1) is 14.7. The minimum Gasteiger partial charge on any atom is -0.307 e. The molecule has 0 bridgehead atoms. The Bertz CT molecular complexity index is 268. The first-order chi connectivity index (χ1) is 8.24. The zero-order valence-electron chi connectivity index (χ0n) is 11.5. The van der Waals surface area contributed by atoms with Crippen molar-refractivity contribution in [3.63, 3.8) is 0 Å². The van der Waals surface area contributed by atoms with Crippen LogP contribution in [0.1, 0.15) is 70.2 Å². The fourth-order valence-corrected chi connectivity index (χ4v) is 2.93. The standard InChI is InChI=1S/C15H27NS/c1-4-5-6-7-8-10-13(2)16-14(3)15-11-9-12-17-15/h9,11-14,16H,4-8,10H2,1-3H3/t13?,14-/m1/s1. The van der Waals surface area contributed by atoms with Gasteiger partial charge in [0.2, 0.25) is 0 Å². The largest absolute Gasteiger partial charge is 0.307 e. The van der Waals surface area contributed by atoms with E-state index in [2.05, 4.69) is 43.6 Å². The van der Waals surface area contributed by atoms with Gasteiger partial charge in [-0.25, -0.2) is 0 Å². The summed E-state index contributed by atoms with van der Waals surface area (Å²) < 4.78 is 0. The lowest BCUT2D eigenvalue weighted by Crippen LogP contribution is -2.28. The Morgan fingerprint density at radius 3 is 2.59 bits per heavy atom. The number of hydrogen-bond acceptors (Lipinski definition) is 2. The van der Waals surface area contributed by atoms with E-state index in [1.165, 1.54) is 43.4 Å². The van der Waals surface area contributed by atoms with Gasteiger partial charge in [-0.05, 0) is 31.7 Å². The molecule has 0 saturated carbocycles. The first-order valence-electron chi connectivity index (χ1n) is 7.03. The number of unbranched alkanes of at least 4 members (excludes halogenated alkanes) is 4. The third-order valence-corrected chi connectivity index (χ3v) is 4.30. The predicted octanol–water partition coefficient (Wildman–Crippen LogP) is 5.15. The molecule has 0 fully saturated rings. The van der Waals surface area contributed by atoms with E-state index >= 15 is 0 Å². The monoisotopic (exact) mass is 253 g/mol. The van der Waals surface area contributed by atoms with Crippen molar-refractivity contribution in [2.24, 2.45) is 0 Å². The molecule has 0 aromatic carbocycles. The average molecular weight is 253 g/mol. The highest BCUT2D eigenvalue weighted by Gasteiger charge is 2.09. The summed E-state index contributed by atoms with van der Waals surface area (Å²) in [6, 6.07) is 5.48. The van der Waals surface area contributed by atoms with Crippen molar-refractivity contribution < 1.29 is 0 Å². The van der Waals surface area contributed by atoms with Gasteiger partial charge in [-0.2, -0.15) is 0 Å². The molecule has 1 unspecified atom stereocenters. The van der Waals surface area contributed by atoms with Crippen molar-refractivity contribution in [1.82, 2.24) is 5.32 Å². The molecule has 0 aliphatic heterocycles. The van der Waals surface area contributed by atoms with Crippen molar-refractivity contribution in [3.05, 3.63) is 22.4 Å². The van der Waals surface area contributed by atoms with Crippen LogP contribution in [0.3, 0.4) is 0 Å². The summed E-state index contributed by atoms with van der Waals surface area (Å²) in [7, 11) is 0. The second-order valence-electron chi connectivity index (χ2n) is 5.01. The number of hydrogen-bond donors (Lipinski definition) is 1. The number of rotatable bonds is 9. The first-order valence-corrected chi connectivity index (χ1v) is 7.91. The highest BCUT2D eigenvalue weighted by Crippen LogP contribution is 2.19. The third-order valence-electron chi connectivity index (χ3n) is 3.25. The maximum Gasteiger partial charge on any atom is 0.0388 e. The van der Waals surface area contributed by atoms with Crippen molar-refractivity contribution in [1.29, 1.82) is 0 Å². The van der Waals surface area contributed by atoms with E-state index in [0.29, 0.717) is 12.1 Å². The van der Waals surface area contributed by atoms with Crippen molar-refractivity contribution in [3.8, 4) is 0 Å². The molecule has 1 heterocycles. The van der Waals surface area contributed by atoms with Crippen molar-refractivity contribution >= 4 is 11.3 Å². The third kappa shape index (κ3) is 6.23. The summed E-state index contributed by atoms with van der Waals surface area (Å²) in [5.41, 5.74) is 0. The van der Waals surface area contributed by atoms with Gasteiger partial charge in [0.1, 0.15) is 0 Å². The fraction of sp³-hybridized carbons (Fsp3) is 0.733. The smallest absolute Gasteiger partial charge is 0.0388 e. The van der Waals surface area contributed by atoms with Crippen LogP contribution in [0.15, 0.2) is 17.5 Å². The van der Waals surface area contributed by atoms with Gasteiger partial charge in [-0.15, -0.1) is 11.3 Å². The summed E-state index contributed by atoms with van der Waals surface area (Å²) in [4.78, 5) is 1.45. The van der Waals surface area contributed by atoms with E-state index in [1.807, 2.05) is 11.3 Å². The van der Waals surface area contributed by atoms with Gasteiger partial charge < -0.3 is 5.32 Å². The Morgan fingerprint density at radius 1 is 1.18 bits per heavy atom. The van der Waals surface area contributed by atoms with Crippen LogP contribution < -0.4 is 5.32 Å². The molecule has 1 rings (SSSR count). The molecule has 0 spiro atoms. The van der Waals surface area contributed by atoms with Crippen molar-refractivity contribution in [2.75, 3.05) is 0 Å². The van der Waals surface area contributed by atoms with Crippen LogP contribution in [-0.2, 0) is 0 Å². The summed E-state index contributed by atoms with van der Waals surface area (Å²) in [5, 5.41) is 5.84. The van der Waals surface area contributed by atoms with Gasteiger partial charge in [-0.1, -0.05) is 45.1 Å². The molecule has 1 aromatic rings. The van der Waals surface area contributed by atoms with E-state index < -0.39 is 0 Å². The zero-order valence-corrected chi connectivity index (χ0v) is 12.4. The lowest BCUT2D eigenvalue weighted by Gasteiger charge is -2.19. The molecule has 0 aliphatic rings. The fourth-order valence-electron chi connectivity index (χ4n) is 2.18. The Hall–Kier alpha value is -0.340. The molecule has 2 heteroatoms. The summed E-state index contributed by atoms with van der Waals surface area (Å²) in [6.45, 7) is 6.84. The van der Waals surface area contributed by atoms with Crippen LogP contribution in [0.2, 0.25) is 0 Å². The Kier molecular flexibility index (Phi) is 7.54. The van der Waals surface area contributed by atoms with E-state index in [9.17, 15) is 0 Å². The number of nitrogens with one attached hydrogen (secondary N) is 1. The van der Waals surface area contributed by atoms with Crippen LogP contribution in [0.4, 0.5) is 0 Å². The molecule has 0 aliphatic carbocycles. The van der Waals surface area contributed by atoms with Gasteiger partial charge in [-0.3, -0.25) is 0 Å². The Morgan fingerprint density at radius 2 is 1.94 bits per heavy atom. The van der Waals surface area contributed by atoms with Gasteiger partial charge >= 0.3 is 0 Å². The van der Waals surface area contributed by atoms with E-state index in [-0.39, 0.29) is 0 Å². The van der Waals surface area contributed by atoms with Gasteiger partial charge in [0, 0.05) is 17.0 Å². The van der Waals surface area contributed by atoms with Gasteiger partial charge in [0.25, 0.3) is 0 Å². The molecule has 0 radical (unpaired) electrons. The average Bonchev–Trinajstić information content (AvgIpc) is 2.82. The molecular formula is C15H27NS. The normalized spacial score (nSPS) is 14.8. The molecule has 1 aromatic heterocycles. The SMILES string of the molecule is CCCCCCCC(C)N[C@H](C)c1cccs1. The maximum atomic E-state index is 3.68. The quantitative estimate of drug-likeness (QED) is 0.600. The Balaban J connectivity index is 2.10. The van der Waals surface area contributed by atoms with Crippen LogP contribution in [-0.4, -0.2) is 6.04 Å². The lowest BCUT2D eigenvalue weighted by atomic mass is 10.1. The lowest BCUT2D eigenvalue weighted by molar-refractivity contribution is 0.439. The minimum atomic E-state index is 0.501.